The summed E-state index contributed by atoms with van der Waals surface area (Å²) in [7, 11) is 6.62. The first-order chi connectivity index (χ1) is 17.0. The van der Waals surface area contributed by atoms with Crippen molar-refractivity contribution in [2.75, 3.05) is 27.0 Å². The van der Waals surface area contributed by atoms with Gasteiger partial charge in [0.05, 0.1) is 30.0 Å². The number of nitrogens with zero attached hydrogens (tertiary/aromatic N) is 5. The molecule has 0 saturated carbocycles. The van der Waals surface area contributed by atoms with Gasteiger partial charge in [-0.1, -0.05) is 21.6 Å². The highest BCUT2D eigenvalue weighted by molar-refractivity contribution is 8.76. The van der Waals surface area contributed by atoms with Crippen molar-refractivity contribution in [2.45, 2.75) is 43.4 Å². The van der Waals surface area contributed by atoms with Crippen LogP contribution < -0.4 is 5.32 Å². The molecule has 2 aromatic rings. The van der Waals surface area contributed by atoms with Gasteiger partial charge in [0.1, 0.15) is 29.7 Å². The Bertz CT molecular complexity index is 1160. The number of aromatic nitrogens is 3. The molecule has 2 N–H and O–H groups in total. The van der Waals surface area contributed by atoms with Crippen molar-refractivity contribution in [3.05, 3.63) is 18.1 Å². The molecule has 3 heterocycles. The molecule has 0 aromatic carbocycles. The van der Waals surface area contributed by atoms with Gasteiger partial charge in [0.25, 0.3) is 0 Å². The fourth-order valence-corrected chi connectivity index (χ4v) is 4.87. The van der Waals surface area contributed by atoms with Gasteiger partial charge in [-0.05, 0) is 19.1 Å². The Labute approximate surface area is 213 Å². The van der Waals surface area contributed by atoms with Gasteiger partial charge in [-0.25, -0.2) is 15.0 Å². The van der Waals surface area contributed by atoms with Gasteiger partial charge in [0.15, 0.2) is 5.82 Å². The molecule has 1 fully saturated rings. The molecule has 0 radical (unpaired) electrons. The Morgan fingerprint density at radius 1 is 1.50 bits per heavy atom. The van der Waals surface area contributed by atoms with Crippen LogP contribution in [-0.4, -0.2) is 87.6 Å². The number of halogens is 3. The zero-order chi connectivity index (χ0) is 26.5. The molecule has 3 rings (SSSR count). The first kappa shape index (κ1) is 28.1. The van der Waals surface area contributed by atoms with Crippen LogP contribution in [0.1, 0.15) is 25.1 Å². The molecule has 15 heteroatoms. The van der Waals surface area contributed by atoms with Crippen LogP contribution >= 0.6 is 21.6 Å². The maximum absolute atomic E-state index is 12.5. The molecule has 1 saturated heterocycles. The third-order valence-corrected chi connectivity index (χ3v) is 6.86. The molecule has 36 heavy (non-hydrogen) atoms. The lowest BCUT2D eigenvalue weighted by atomic mass is 10.2. The lowest BCUT2D eigenvalue weighted by molar-refractivity contribution is -0.172. The summed E-state index contributed by atoms with van der Waals surface area (Å²) in [6.07, 6.45) is -0.00499. The first-order valence-corrected chi connectivity index (χ1v) is 13.2. The Morgan fingerprint density at radius 2 is 2.25 bits per heavy atom. The number of amides is 1. The molecule has 196 valence electrons. The molecule has 4 atom stereocenters. The molecule has 1 aliphatic rings. The average molecular weight is 547 g/mol. The van der Waals surface area contributed by atoms with Crippen LogP contribution in [0.15, 0.2) is 17.5 Å². The molecular formula is C21H25F3N6O4S2. The van der Waals surface area contributed by atoms with Crippen molar-refractivity contribution in [1.29, 1.82) is 0 Å². The maximum atomic E-state index is 12.5. The number of hydrogen-bond acceptors (Lipinski definition) is 9. The number of aliphatic hydroxyl groups is 1. The van der Waals surface area contributed by atoms with Crippen molar-refractivity contribution in [2.24, 2.45) is 4.99 Å². The number of carbonyl (C=O) groups is 1. The van der Waals surface area contributed by atoms with Crippen LogP contribution in [0.3, 0.4) is 0 Å². The summed E-state index contributed by atoms with van der Waals surface area (Å²) in [4.78, 5) is 25.6. The number of alkyl halides is 3. The van der Waals surface area contributed by atoms with E-state index in [-0.39, 0.29) is 23.4 Å². The predicted octanol–water partition coefficient (Wildman–Crippen LogP) is 2.66. The third-order valence-electron chi connectivity index (χ3n) is 4.90. The summed E-state index contributed by atoms with van der Waals surface area (Å²) < 4.78 is 51.4. The fraction of sp³-hybridized carbons (Fsp3) is 0.524. The van der Waals surface area contributed by atoms with E-state index in [4.69, 9.17) is 9.47 Å². The smallest absolute Gasteiger partial charge is 0.394 e. The standard InChI is InChI=1S/C21H25F3N6O4S2/c1-12(36-35-4)33-14-7-16(34-15(14)9-31)30-8-13(5-6-25-20(32)21(22,23)24)17-18(28-11-29(2)3)26-10-27-19(17)30/h8,10-12,14-16,31H,7,9H2,1-4H3,(H,25,32)/t12-,14-,15?,16-/m1/s1. The van der Waals surface area contributed by atoms with Crippen LogP contribution in [0.25, 0.3) is 11.0 Å². The van der Waals surface area contributed by atoms with E-state index in [2.05, 4.69) is 26.9 Å². The van der Waals surface area contributed by atoms with Gasteiger partial charge < -0.3 is 24.0 Å². The van der Waals surface area contributed by atoms with Gasteiger partial charge in [-0.2, -0.15) is 13.2 Å². The highest BCUT2D eigenvalue weighted by Gasteiger charge is 2.39. The van der Waals surface area contributed by atoms with E-state index in [1.807, 2.05) is 13.2 Å². The minimum absolute atomic E-state index is 0.143. The first-order valence-electron chi connectivity index (χ1n) is 10.6. The largest absolute Gasteiger partial charge is 0.472 e. The van der Waals surface area contributed by atoms with Crippen LogP contribution in [0.5, 0.6) is 0 Å². The SMILES string of the molecule is CSS[C@H](C)O[C@@H]1C[C@H](n2cc(C#CNC(=O)C(F)(F)F)c3c(N=CN(C)C)ncnc32)OC1CO. The van der Waals surface area contributed by atoms with Gasteiger partial charge in [-0.3, -0.25) is 10.1 Å². The second-order valence-corrected chi connectivity index (χ2v) is 10.6. The van der Waals surface area contributed by atoms with E-state index in [1.54, 1.807) is 40.6 Å². The zero-order valence-electron chi connectivity index (χ0n) is 19.8. The molecule has 1 unspecified atom stereocenters. The monoisotopic (exact) mass is 546 g/mol. The van der Waals surface area contributed by atoms with Crippen molar-refractivity contribution >= 4 is 50.7 Å². The van der Waals surface area contributed by atoms with Crippen LogP contribution in [-0.2, 0) is 14.3 Å². The number of rotatable bonds is 8. The highest BCUT2D eigenvalue weighted by atomic mass is 33.1. The highest BCUT2D eigenvalue weighted by Crippen LogP contribution is 2.38. The molecular weight excluding hydrogens is 521 g/mol. The van der Waals surface area contributed by atoms with Crippen LogP contribution in [0.4, 0.5) is 19.0 Å². The molecule has 0 spiro atoms. The molecule has 2 aromatic heterocycles. The quantitative estimate of drug-likeness (QED) is 0.129. The minimum atomic E-state index is -5.06. The van der Waals surface area contributed by atoms with Gasteiger partial charge in [-0.15, -0.1) is 0 Å². The summed E-state index contributed by atoms with van der Waals surface area (Å²) in [5, 5.41) is 11.7. The number of aliphatic hydroxyl groups excluding tert-OH is 1. The van der Waals surface area contributed by atoms with Crippen LogP contribution in [0.2, 0.25) is 0 Å². The Morgan fingerprint density at radius 3 is 2.89 bits per heavy atom. The van der Waals surface area contributed by atoms with E-state index in [0.29, 0.717) is 17.5 Å². The topological polar surface area (TPSA) is 114 Å². The molecule has 1 aliphatic heterocycles. The number of nitrogens with one attached hydrogen (secondary N) is 1. The number of hydrogen-bond donors (Lipinski definition) is 2. The summed E-state index contributed by atoms with van der Waals surface area (Å²) in [5.41, 5.74) is 0.464. The van der Waals surface area contributed by atoms with Crippen molar-refractivity contribution in [1.82, 2.24) is 24.8 Å². The van der Waals surface area contributed by atoms with Crippen molar-refractivity contribution < 1.29 is 32.5 Å². The number of fused-ring (bicyclic) bond motifs is 1. The molecule has 1 amide bonds. The summed E-state index contributed by atoms with van der Waals surface area (Å²) >= 11 is 0. The molecule has 0 bridgehead atoms. The maximum Gasteiger partial charge on any atom is 0.472 e. The Kier molecular flexibility index (Phi) is 9.47. The number of ether oxygens (including phenoxy) is 2. The van der Waals surface area contributed by atoms with Gasteiger partial charge >= 0.3 is 12.1 Å². The third kappa shape index (κ3) is 6.83. The molecule has 0 aliphatic carbocycles. The normalized spacial score (nSPS) is 20.9. The second-order valence-electron chi connectivity index (χ2n) is 7.81. The number of aliphatic imine (C=N–C) groups is 1. The van der Waals surface area contributed by atoms with E-state index < -0.39 is 30.5 Å². The Hall–Kier alpha value is -2.51. The summed E-state index contributed by atoms with van der Waals surface area (Å²) in [5.74, 6) is 0.588. The predicted molar refractivity (Wildman–Crippen MR) is 131 cm³/mol. The summed E-state index contributed by atoms with van der Waals surface area (Å²) in [6, 6.07) is 2.05. The van der Waals surface area contributed by atoms with E-state index >= 15 is 0 Å². The van der Waals surface area contributed by atoms with Gasteiger partial charge in [0, 0.05) is 32.8 Å². The second kappa shape index (κ2) is 12.2. The van der Waals surface area contributed by atoms with E-state index in [0.717, 1.165) is 0 Å². The Balaban J connectivity index is 2.01. The molecule has 10 nitrogen and oxygen atoms in total. The van der Waals surface area contributed by atoms with Gasteiger partial charge in [0.2, 0.25) is 0 Å². The lowest BCUT2D eigenvalue weighted by Crippen LogP contribution is -2.33. The van der Waals surface area contributed by atoms with Crippen molar-refractivity contribution in [3.8, 4) is 12.0 Å². The fourth-order valence-electron chi connectivity index (χ4n) is 3.46. The van der Waals surface area contributed by atoms with Crippen molar-refractivity contribution in [3.63, 3.8) is 0 Å². The average Bonchev–Trinajstić information content (AvgIpc) is 3.38. The zero-order valence-corrected chi connectivity index (χ0v) is 21.4. The lowest BCUT2D eigenvalue weighted by Gasteiger charge is -2.20. The van der Waals surface area contributed by atoms with E-state index in [1.165, 1.54) is 28.8 Å². The number of carbonyl (C=O) groups excluding carboxylic acids is 1. The minimum Gasteiger partial charge on any atom is -0.394 e. The van der Waals surface area contributed by atoms with Crippen LogP contribution in [0, 0.1) is 12.0 Å². The summed E-state index contributed by atoms with van der Waals surface area (Å²) in [6.45, 7) is 1.64. The van der Waals surface area contributed by atoms with E-state index in [9.17, 15) is 23.1 Å².